The quantitative estimate of drug-likeness (QED) is 0.0195. The molecule has 0 aliphatic carbocycles. The van der Waals surface area contributed by atoms with E-state index in [-0.39, 0.29) is 13.0 Å². The summed E-state index contributed by atoms with van der Waals surface area (Å²) in [5.74, 6) is -1.18. The van der Waals surface area contributed by atoms with Crippen molar-refractivity contribution in [1.29, 1.82) is 0 Å². The Kier molecular flexibility index (Phi) is 48.2. The van der Waals surface area contributed by atoms with Gasteiger partial charge in [-0.3, -0.25) is 9.59 Å². The molecular weight excluding hydrogens is 919 g/mol. The molecule has 1 amide bonds. The van der Waals surface area contributed by atoms with Gasteiger partial charge in [0.2, 0.25) is 5.91 Å². The first-order valence-electron chi connectivity index (χ1n) is 31.1. The van der Waals surface area contributed by atoms with Crippen LogP contribution in [-0.2, 0) is 23.8 Å². The number of rotatable bonds is 53. The predicted octanol–water partition coefficient (Wildman–Crippen LogP) is 14.5. The second-order valence-corrected chi connectivity index (χ2v) is 21.8. The van der Waals surface area contributed by atoms with Gasteiger partial charge in [0.05, 0.1) is 25.4 Å². The van der Waals surface area contributed by atoms with E-state index in [2.05, 4.69) is 38.2 Å². The molecule has 1 aliphatic rings. The third-order valence-electron chi connectivity index (χ3n) is 14.9. The lowest BCUT2D eigenvalue weighted by Gasteiger charge is -2.41. The number of hydrogen-bond acceptors (Lipinski definition) is 10. The summed E-state index contributed by atoms with van der Waals surface area (Å²) < 4.78 is 17.6. The standard InChI is InChI=1S/C62H117NO10/c1-4-7-10-13-16-19-22-25-26-27-28-29-30-32-35-38-41-44-47-50-57(67)73-60-59(69)58(68)56(51-64)72-62(60)71-52-53(54(65)48-45-42-39-36-33-24-21-18-15-12-9-6-3)63-61(70)55(66)49-46-43-40-37-34-31-23-20-17-14-11-8-5-2/h25-26,45,48,53-56,58-60,62,64-66,68-69H,4-24,27-44,46-47,49-52H2,1-3H3,(H,63,70)/b26-25+,48-45+. The van der Waals surface area contributed by atoms with Crippen LogP contribution in [-0.4, -0.2) is 99.6 Å². The topological polar surface area (TPSA) is 175 Å². The fourth-order valence-corrected chi connectivity index (χ4v) is 9.88. The number of esters is 1. The SMILES string of the molecule is CCCCCCCC/C=C/CCCCCCCCCCCC(=O)OC1C(OCC(NC(=O)C(O)CCCCCCCCCCCCCCC)C(O)/C=C/CCCCCCCCCCCC)OC(CO)C(O)C1O. The number of unbranched alkanes of at least 4 members (excludes halogenated alkanes) is 37. The van der Waals surface area contributed by atoms with Crippen molar-refractivity contribution in [3.05, 3.63) is 24.3 Å². The second kappa shape index (κ2) is 50.9. The summed E-state index contributed by atoms with van der Waals surface area (Å²) in [5, 5.41) is 56.9. The van der Waals surface area contributed by atoms with Crippen molar-refractivity contribution in [3.63, 3.8) is 0 Å². The summed E-state index contributed by atoms with van der Waals surface area (Å²) >= 11 is 0. The molecule has 0 bridgehead atoms. The van der Waals surface area contributed by atoms with Crippen LogP contribution in [0.2, 0.25) is 0 Å². The average molecular weight is 1040 g/mol. The van der Waals surface area contributed by atoms with Crippen molar-refractivity contribution in [3.8, 4) is 0 Å². The van der Waals surface area contributed by atoms with Crippen molar-refractivity contribution in [1.82, 2.24) is 5.32 Å². The first kappa shape index (κ1) is 69.2. The summed E-state index contributed by atoms with van der Waals surface area (Å²) in [6.07, 6.45) is 47.9. The number of nitrogens with one attached hydrogen (secondary N) is 1. The molecule has 6 N–H and O–H groups in total. The molecule has 0 saturated carbocycles. The van der Waals surface area contributed by atoms with Gasteiger partial charge in [0.1, 0.15) is 24.4 Å². The van der Waals surface area contributed by atoms with Gasteiger partial charge >= 0.3 is 5.97 Å². The number of aliphatic hydroxyl groups excluding tert-OH is 5. The molecule has 1 rings (SSSR count). The summed E-state index contributed by atoms with van der Waals surface area (Å²) in [6.45, 7) is 5.80. The van der Waals surface area contributed by atoms with E-state index in [4.69, 9.17) is 14.2 Å². The van der Waals surface area contributed by atoms with Gasteiger partial charge in [0.15, 0.2) is 12.4 Å². The fourth-order valence-electron chi connectivity index (χ4n) is 9.88. The Morgan fingerprint density at radius 3 is 1.33 bits per heavy atom. The van der Waals surface area contributed by atoms with E-state index in [1.165, 1.54) is 193 Å². The maximum absolute atomic E-state index is 13.4. The van der Waals surface area contributed by atoms with Crippen molar-refractivity contribution >= 4 is 11.9 Å². The highest BCUT2D eigenvalue weighted by atomic mass is 16.7. The zero-order valence-corrected chi connectivity index (χ0v) is 47.5. The van der Waals surface area contributed by atoms with E-state index in [0.29, 0.717) is 19.3 Å². The number of amides is 1. The first-order chi connectivity index (χ1) is 35.7. The van der Waals surface area contributed by atoms with Gasteiger partial charge < -0.3 is 45.1 Å². The smallest absolute Gasteiger partial charge is 0.306 e. The molecule has 430 valence electrons. The third-order valence-corrected chi connectivity index (χ3v) is 14.9. The zero-order chi connectivity index (χ0) is 53.3. The van der Waals surface area contributed by atoms with Gasteiger partial charge in [-0.2, -0.15) is 0 Å². The molecule has 73 heavy (non-hydrogen) atoms. The van der Waals surface area contributed by atoms with E-state index in [1.807, 2.05) is 6.08 Å². The van der Waals surface area contributed by atoms with Crippen LogP contribution in [0.4, 0.5) is 0 Å². The van der Waals surface area contributed by atoms with Crippen LogP contribution in [0.1, 0.15) is 297 Å². The molecule has 1 saturated heterocycles. The highest BCUT2D eigenvalue weighted by Gasteiger charge is 2.47. The summed E-state index contributed by atoms with van der Waals surface area (Å²) in [5.41, 5.74) is 0. The minimum absolute atomic E-state index is 0.125. The molecule has 0 aromatic heterocycles. The lowest BCUT2D eigenvalue weighted by atomic mass is 9.99. The van der Waals surface area contributed by atoms with Crippen molar-refractivity contribution in [2.75, 3.05) is 13.2 Å². The minimum atomic E-state index is -1.61. The Labute approximate surface area is 448 Å². The van der Waals surface area contributed by atoms with Gasteiger partial charge in [-0.15, -0.1) is 0 Å². The zero-order valence-electron chi connectivity index (χ0n) is 47.5. The van der Waals surface area contributed by atoms with Crippen LogP contribution in [0.15, 0.2) is 24.3 Å². The highest BCUT2D eigenvalue weighted by molar-refractivity contribution is 5.80. The first-order valence-corrected chi connectivity index (χ1v) is 31.1. The number of hydrogen-bond donors (Lipinski definition) is 6. The van der Waals surface area contributed by atoms with Crippen LogP contribution < -0.4 is 5.32 Å². The van der Waals surface area contributed by atoms with Gasteiger partial charge in [0, 0.05) is 6.42 Å². The predicted molar refractivity (Wildman–Crippen MR) is 301 cm³/mol. The maximum atomic E-state index is 13.4. The molecular formula is C62H117NO10. The Bertz CT molecular complexity index is 1280. The maximum Gasteiger partial charge on any atom is 0.306 e. The highest BCUT2D eigenvalue weighted by Crippen LogP contribution is 2.26. The van der Waals surface area contributed by atoms with E-state index < -0.39 is 67.4 Å². The number of ether oxygens (including phenoxy) is 3. The third kappa shape index (κ3) is 39.2. The van der Waals surface area contributed by atoms with E-state index in [1.54, 1.807) is 6.08 Å². The van der Waals surface area contributed by atoms with Crippen molar-refractivity contribution < 1.29 is 49.3 Å². The average Bonchev–Trinajstić information content (AvgIpc) is 3.39. The van der Waals surface area contributed by atoms with Gasteiger partial charge in [-0.25, -0.2) is 0 Å². The molecule has 11 heteroatoms. The molecule has 1 aliphatic heterocycles. The lowest BCUT2D eigenvalue weighted by Crippen LogP contribution is -2.61. The van der Waals surface area contributed by atoms with Crippen LogP contribution in [0.5, 0.6) is 0 Å². The second-order valence-electron chi connectivity index (χ2n) is 21.8. The molecule has 0 aromatic carbocycles. The summed E-state index contributed by atoms with van der Waals surface area (Å²) in [4.78, 5) is 26.5. The van der Waals surface area contributed by atoms with E-state index in [9.17, 15) is 35.1 Å². The molecule has 1 heterocycles. The number of allylic oxidation sites excluding steroid dienone is 3. The molecule has 0 radical (unpaired) electrons. The van der Waals surface area contributed by atoms with Crippen LogP contribution in [0.3, 0.4) is 0 Å². The Morgan fingerprint density at radius 2 is 0.904 bits per heavy atom. The summed E-state index contributed by atoms with van der Waals surface area (Å²) in [6, 6.07) is -1.02. The number of aliphatic hydroxyl groups is 5. The lowest BCUT2D eigenvalue weighted by molar-refractivity contribution is -0.305. The Hall–Kier alpha value is -1.86. The molecule has 0 aromatic rings. The molecule has 8 atom stereocenters. The molecule has 0 spiro atoms. The Balaban J connectivity index is 2.66. The molecule has 8 unspecified atom stereocenters. The fraction of sp³-hybridized carbons (Fsp3) is 0.903. The minimum Gasteiger partial charge on any atom is -0.454 e. The largest absolute Gasteiger partial charge is 0.454 e. The molecule has 11 nitrogen and oxygen atoms in total. The van der Waals surface area contributed by atoms with Gasteiger partial charge in [-0.1, -0.05) is 263 Å². The normalized spacial score (nSPS) is 19.5. The van der Waals surface area contributed by atoms with Crippen LogP contribution in [0.25, 0.3) is 0 Å². The van der Waals surface area contributed by atoms with Gasteiger partial charge in [0.25, 0.3) is 0 Å². The van der Waals surface area contributed by atoms with Crippen molar-refractivity contribution in [2.24, 2.45) is 0 Å². The number of carbonyl (C=O) groups is 2. The van der Waals surface area contributed by atoms with Crippen molar-refractivity contribution in [2.45, 2.75) is 346 Å². The summed E-state index contributed by atoms with van der Waals surface area (Å²) in [7, 11) is 0. The number of carbonyl (C=O) groups excluding carboxylic acids is 2. The van der Waals surface area contributed by atoms with Gasteiger partial charge in [-0.05, 0) is 51.4 Å². The van der Waals surface area contributed by atoms with Crippen LogP contribution in [0, 0.1) is 0 Å². The van der Waals surface area contributed by atoms with Crippen LogP contribution >= 0.6 is 0 Å². The van der Waals surface area contributed by atoms with E-state index >= 15 is 0 Å². The monoisotopic (exact) mass is 1040 g/mol. The van der Waals surface area contributed by atoms with E-state index in [0.717, 1.165) is 57.8 Å². The molecule has 1 fully saturated rings. The Morgan fingerprint density at radius 1 is 0.521 bits per heavy atom.